The molecule has 0 saturated heterocycles. The van der Waals surface area contributed by atoms with Gasteiger partial charge < -0.3 is 10.6 Å². The zero-order chi connectivity index (χ0) is 15.9. The fraction of sp³-hybridized carbons (Fsp3) is 0.692. The van der Waals surface area contributed by atoms with E-state index in [0.717, 1.165) is 22.1 Å². The molecule has 0 atom stereocenters. The summed E-state index contributed by atoms with van der Waals surface area (Å²) in [7, 11) is -2.95. The Kier molecular flexibility index (Phi) is 7.10. The minimum atomic E-state index is -2.95. The van der Waals surface area contributed by atoms with Gasteiger partial charge >= 0.3 is 0 Å². The van der Waals surface area contributed by atoms with Crippen LogP contribution in [0.2, 0.25) is 0 Å². The third kappa shape index (κ3) is 6.43. The van der Waals surface area contributed by atoms with Crippen molar-refractivity contribution in [1.29, 1.82) is 0 Å². The van der Waals surface area contributed by atoms with E-state index < -0.39 is 9.84 Å². The molecule has 1 heterocycles. The maximum atomic E-state index is 11.5. The molecule has 21 heavy (non-hydrogen) atoms. The largest absolute Gasteiger partial charge is 0.357 e. The van der Waals surface area contributed by atoms with E-state index in [2.05, 4.69) is 20.6 Å². The highest BCUT2D eigenvalue weighted by molar-refractivity contribution is 7.91. The minimum absolute atomic E-state index is 0.118. The van der Waals surface area contributed by atoms with Gasteiger partial charge in [-0.05, 0) is 20.8 Å². The van der Waals surface area contributed by atoms with Crippen molar-refractivity contribution in [3.8, 4) is 0 Å². The molecule has 0 aliphatic heterocycles. The third-order valence-electron chi connectivity index (χ3n) is 2.87. The van der Waals surface area contributed by atoms with Crippen LogP contribution in [0.5, 0.6) is 0 Å². The molecular formula is C13H24N4O2S2. The van der Waals surface area contributed by atoms with Crippen molar-refractivity contribution in [2.24, 2.45) is 4.99 Å². The Balaban J connectivity index is 2.60. The van der Waals surface area contributed by atoms with Crippen LogP contribution in [0.1, 0.15) is 29.4 Å². The van der Waals surface area contributed by atoms with Crippen LogP contribution in [0.3, 0.4) is 0 Å². The standard InChI is InChI=1S/C13H24N4O2S2/c1-5-14-13(15-7-8-21(18,19)6-2)16-9-12-10(3)17-11(4)20-12/h5-9H2,1-4H3,(H2,14,15,16). The van der Waals surface area contributed by atoms with Gasteiger partial charge in [-0.25, -0.2) is 18.4 Å². The zero-order valence-electron chi connectivity index (χ0n) is 13.1. The first-order valence-electron chi connectivity index (χ1n) is 7.03. The van der Waals surface area contributed by atoms with Crippen LogP contribution in [0.25, 0.3) is 0 Å². The van der Waals surface area contributed by atoms with Gasteiger partial charge in [0.1, 0.15) is 0 Å². The summed E-state index contributed by atoms with van der Waals surface area (Å²) >= 11 is 1.64. The van der Waals surface area contributed by atoms with E-state index in [4.69, 9.17) is 0 Å². The highest BCUT2D eigenvalue weighted by Crippen LogP contribution is 2.17. The molecule has 1 rings (SSSR count). The van der Waals surface area contributed by atoms with E-state index >= 15 is 0 Å². The van der Waals surface area contributed by atoms with Gasteiger partial charge in [0.15, 0.2) is 15.8 Å². The van der Waals surface area contributed by atoms with Crippen molar-refractivity contribution >= 4 is 27.1 Å². The summed E-state index contributed by atoms with van der Waals surface area (Å²) in [5, 5.41) is 7.20. The highest BCUT2D eigenvalue weighted by atomic mass is 32.2. The summed E-state index contributed by atoms with van der Waals surface area (Å²) in [6, 6.07) is 0. The van der Waals surface area contributed by atoms with Gasteiger partial charge in [-0.15, -0.1) is 11.3 Å². The second-order valence-corrected chi connectivity index (χ2v) is 8.36. The Morgan fingerprint density at radius 1 is 1.29 bits per heavy atom. The van der Waals surface area contributed by atoms with Crippen molar-refractivity contribution < 1.29 is 8.42 Å². The normalized spacial score (nSPS) is 12.5. The van der Waals surface area contributed by atoms with Gasteiger partial charge in [0, 0.05) is 23.7 Å². The Morgan fingerprint density at radius 3 is 2.52 bits per heavy atom. The monoisotopic (exact) mass is 332 g/mol. The molecule has 0 fully saturated rings. The first-order valence-corrected chi connectivity index (χ1v) is 9.67. The van der Waals surface area contributed by atoms with Crippen molar-refractivity contribution in [3.63, 3.8) is 0 Å². The topological polar surface area (TPSA) is 83.4 Å². The second-order valence-electron chi connectivity index (χ2n) is 4.60. The number of aryl methyl sites for hydroxylation is 2. The van der Waals surface area contributed by atoms with Crippen molar-refractivity contribution in [3.05, 3.63) is 15.6 Å². The molecule has 0 aliphatic carbocycles. The Labute approximate surface area is 131 Å². The highest BCUT2D eigenvalue weighted by Gasteiger charge is 2.08. The van der Waals surface area contributed by atoms with Crippen molar-refractivity contribution in [2.45, 2.75) is 34.2 Å². The summed E-state index contributed by atoms with van der Waals surface area (Å²) in [6.07, 6.45) is 0. The molecule has 0 radical (unpaired) electrons. The van der Waals surface area contributed by atoms with Gasteiger partial charge in [0.2, 0.25) is 0 Å². The summed E-state index contributed by atoms with van der Waals surface area (Å²) in [5.74, 6) is 0.920. The summed E-state index contributed by atoms with van der Waals surface area (Å²) in [5.41, 5.74) is 1.01. The van der Waals surface area contributed by atoms with Crippen LogP contribution in [-0.2, 0) is 16.4 Å². The van der Waals surface area contributed by atoms with Crippen molar-refractivity contribution in [2.75, 3.05) is 24.6 Å². The number of sulfone groups is 1. The number of hydrogen-bond donors (Lipinski definition) is 2. The maximum Gasteiger partial charge on any atom is 0.191 e. The number of thiazole rings is 1. The summed E-state index contributed by atoms with van der Waals surface area (Å²) < 4.78 is 22.9. The molecule has 1 aromatic heterocycles. The molecule has 120 valence electrons. The molecule has 8 heteroatoms. The first kappa shape index (κ1) is 17.9. The van der Waals surface area contributed by atoms with Gasteiger partial charge in [-0.1, -0.05) is 6.92 Å². The van der Waals surface area contributed by atoms with Crippen LogP contribution in [0.4, 0.5) is 0 Å². The zero-order valence-corrected chi connectivity index (χ0v) is 14.7. The van der Waals surface area contributed by atoms with E-state index in [0.29, 0.717) is 19.0 Å². The average molecular weight is 332 g/mol. The Bertz CT molecular complexity index is 579. The molecule has 0 aliphatic rings. The van der Waals surface area contributed by atoms with E-state index in [1.165, 1.54) is 0 Å². The van der Waals surface area contributed by atoms with Gasteiger partial charge in [-0.2, -0.15) is 0 Å². The van der Waals surface area contributed by atoms with Crippen LogP contribution in [0, 0.1) is 13.8 Å². The Morgan fingerprint density at radius 2 is 2.00 bits per heavy atom. The fourth-order valence-electron chi connectivity index (χ4n) is 1.68. The smallest absolute Gasteiger partial charge is 0.191 e. The maximum absolute atomic E-state index is 11.5. The van der Waals surface area contributed by atoms with Gasteiger partial charge in [-0.3, -0.25) is 0 Å². The number of nitrogens with one attached hydrogen (secondary N) is 2. The fourth-order valence-corrected chi connectivity index (χ4v) is 3.25. The third-order valence-corrected chi connectivity index (χ3v) is 5.63. The SMILES string of the molecule is CCNC(=NCc1sc(C)nc1C)NCCS(=O)(=O)CC. The lowest BCUT2D eigenvalue weighted by molar-refractivity contribution is 0.595. The van der Waals surface area contributed by atoms with E-state index in [-0.39, 0.29) is 11.5 Å². The lowest BCUT2D eigenvalue weighted by Crippen LogP contribution is -2.39. The molecule has 0 spiro atoms. The van der Waals surface area contributed by atoms with Crippen molar-refractivity contribution in [1.82, 2.24) is 15.6 Å². The van der Waals surface area contributed by atoms with Crippen LogP contribution < -0.4 is 10.6 Å². The molecule has 2 N–H and O–H groups in total. The van der Waals surface area contributed by atoms with Crippen LogP contribution >= 0.6 is 11.3 Å². The number of hydrogen-bond acceptors (Lipinski definition) is 5. The number of nitrogens with zero attached hydrogens (tertiary/aromatic N) is 2. The predicted molar refractivity (Wildman–Crippen MR) is 88.7 cm³/mol. The molecular weight excluding hydrogens is 308 g/mol. The first-order chi connectivity index (χ1) is 9.88. The summed E-state index contributed by atoms with van der Waals surface area (Å²) in [6.45, 7) is 9.22. The molecule has 0 bridgehead atoms. The van der Waals surface area contributed by atoms with Gasteiger partial charge in [0.05, 0.1) is 23.0 Å². The van der Waals surface area contributed by atoms with E-state index in [1.54, 1.807) is 18.3 Å². The van der Waals surface area contributed by atoms with Crippen LogP contribution in [0.15, 0.2) is 4.99 Å². The molecule has 0 unspecified atom stereocenters. The molecule has 0 saturated carbocycles. The molecule has 6 nitrogen and oxygen atoms in total. The van der Waals surface area contributed by atoms with Gasteiger partial charge in [0.25, 0.3) is 0 Å². The molecule has 0 amide bonds. The van der Waals surface area contributed by atoms with E-state index in [1.807, 2.05) is 20.8 Å². The second kappa shape index (κ2) is 8.33. The number of rotatable bonds is 7. The van der Waals surface area contributed by atoms with Crippen LogP contribution in [-0.4, -0.2) is 44.0 Å². The lowest BCUT2D eigenvalue weighted by atomic mass is 10.4. The summed E-state index contributed by atoms with van der Waals surface area (Å²) in [4.78, 5) is 9.97. The predicted octanol–water partition coefficient (Wildman–Crippen LogP) is 1.25. The average Bonchev–Trinajstić information content (AvgIpc) is 2.74. The minimum Gasteiger partial charge on any atom is -0.357 e. The quantitative estimate of drug-likeness (QED) is 0.580. The lowest BCUT2D eigenvalue weighted by Gasteiger charge is -2.11. The number of aromatic nitrogens is 1. The Hall–Kier alpha value is -1.15. The molecule has 1 aromatic rings. The number of guanidine groups is 1. The number of aliphatic imine (C=N–C) groups is 1. The molecule has 0 aromatic carbocycles. The van der Waals surface area contributed by atoms with E-state index in [9.17, 15) is 8.42 Å².